The van der Waals surface area contributed by atoms with E-state index in [0.717, 1.165) is 11.3 Å². The molecule has 166 valence electrons. The molecule has 0 aliphatic rings. The molecule has 0 aliphatic carbocycles. The maximum Gasteiger partial charge on any atom is 0.228 e. The van der Waals surface area contributed by atoms with Gasteiger partial charge in [-0.1, -0.05) is 16.8 Å². The van der Waals surface area contributed by atoms with Crippen LogP contribution in [0.4, 0.5) is 5.69 Å². The second-order valence-corrected chi connectivity index (χ2v) is 6.63. The van der Waals surface area contributed by atoms with Crippen molar-refractivity contribution in [2.75, 3.05) is 32.6 Å². The van der Waals surface area contributed by atoms with Gasteiger partial charge in [-0.25, -0.2) is 0 Å². The quantitative estimate of drug-likeness (QED) is 0.237. The van der Waals surface area contributed by atoms with Crippen LogP contribution in [0.2, 0.25) is 5.02 Å². The van der Waals surface area contributed by atoms with Gasteiger partial charge in [0.05, 0.1) is 13.7 Å². The molecule has 2 N–H and O–H groups in total. The molecule has 0 amide bonds. The van der Waals surface area contributed by atoms with Crippen LogP contribution in [0.3, 0.4) is 0 Å². The van der Waals surface area contributed by atoms with E-state index in [1.54, 1.807) is 26.3 Å². The highest BCUT2D eigenvalue weighted by molar-refractivity contribution is 14.0. The molecule has 0 saturated heterocycles. The number of nitrogens with one attached hydrogen (secondary N) is 2. The predicted octanol–water partition coefficient (Wildman–Crippen LogP) is 4.65. The number of benzene rings is 2. The number of aromatic nitrogens is 2. The third-order valence-corrected chi connectivity index (χ3v) is 4.40. The molecule has 1 heterocycles. The summed E-state index contributed by atoms with van der Waals surface area (Å²) in [6, 6.07) is 12.9. The minimum atomic E-state index is 0. The van der Waals surface area contributed by atoms with Crippen LogP contribution in [0.15, 0.2) is 52.0 Å². The summed E-state index contributed by atoms with van der Waals surface area (Å²) in [4.78, 5) is 8.65. The fourth-order valence-corrected chi connectivity index (χ4v) is 2.82. The lowest BCUT2D eigenvalue weighted by molar-refractivity contribution is 0.311. The number of anilines is 1. The van der Waals surface area contributed by atoms with Crippen LogP contribution in [-0.4, -0.2) is 43.4 Å². The van der Waals surface area contributed by atoms with E-state index < -0.39 is 0 Å². The van der Waals surface area contributed by atoms with Gasteiger partial charge in [0.25, 0.3) is 0 Å². The topological polar surface area (TPSA) is 93.8 Å². The summed E-state index contributed by atoms with van der Waals surface area (Å²) in [5, 5.41) is 11.1. The van der Waals surface area contributed by atoms with E-state index in [1.165, 1.54) is 0 Å². The van der Waals surface area contributed by atoms with Gasteiger partial charge in [-0.05, 0) is 43.3 Å². The average molecular weight is 558 g/mol. The molecule has 0 radical (unpaired) electrons. The number of hydrogen-bond acceptors (Lipinski definition) is 6. The number of ether oxygens (including phenoxy) is 2. The fraction of sp³-hybridized carbons (Fsp3) is 0.286. The van der Waals surface area contributed by atoms with Gasteiger partial charge in [0, 0.05) is 42.4 Å². The monoisotopic (exact) mass is 557 g/mol. The van der Waals surface area contributed by atoms with Crippen molar-refractivity contribution in [1.82, 2.24) is 15.5 Å². The number of halogens is 2. The van der Waals surface area contributed by atoms with Crippen molar-refractivity contribution >= 4 is 47.2 Å². The van der Waals surface area contributed by atoms with Crippen LogP contribution in [-0.2, 0) is 6.42 Å². The first-order valence-electron chi connectivity index (χ1n) is 9.50. The first kappa shape index (κ1) is 24.7. The Bertz CT molecular complexity index is 995. The molecule has 0 spiro atoms. The minimum Gasteiger partial charge on any atom is -0.493 e. The molecule has 0 unspecified atom stereocenters. The van der Waals surface area contributed by atoms with E-state index in [9.17, 15) is 0 Å². The van der Waals surface area contributed by atoms with Crippen molar-refractivity contribution < 1.29 is 14.0 Å². The van der Waals surface area contributed by atoms with Crippen molar-refractivity contribution in [3.8, 4) is 22.9 Å². The molecule has 2 aromatic carbocycles. The zero-order valence-corrected chi connectivity index (χ0v) is 20.6. The van der Waals surface area contributed by atoms with Gasteiger partial charge in [-0.3, -0.25) is 4.99 Å². The van der Waals surface area contributed by atoms with Crippen LogP contribution in [0.5, 0.6) is 11.5 Å². The van der Waals surface area contributed by atoms with Crippen molar-refractivity contribution in [2.24, 2.45) is 4.99 Å². The van der Waals surface area contributed by atoms with Crippen molar-refractivity contribution in [2.45, 2.75) is 13.3 Å². The molecular weight excluding hydrogens is 533 g/mol. The molecule has 31 heavy (non-hydrogen) atoms. The highest BCUT2D eigenvalue weighted by Gasteiger charge is 2.10. The molecule has 0 aliphatic heterocycles. The highest BCUT2D eigenvalue weighted by atomic mass is 127. The summed E-state index contributed by atoms with van der Waals surface area (Å²) in [7, 11) is 3.31. The van der Waals surface area contributed by atoms with Crippen LogP contribution < -0.4 is 20.1 Å². The third-order valence-electron chi connectivity index (χ3n) is 4.15. The number of aliphatic imine (C=N–C) groups is 1. The largest absolute Gasteiger partial charge is 0.493 e. The summed E-state index contributed by atoms with van der Waals surface area (Å²) in [6.07, 6.45) is 0.549. The van der Waals surface area contributed by atoms with Crippen LogP contribution in [0.25, 0.3) is 11.4 Å². The first-order valence-corrected chi connectivity index (χ1v) is 9.87. The summed E-state index contributed by atoms with van der Waals surface area (Å²) >= 11 is 5.91. The normalized spacial score (nSPS) is 10.9. The molecule has 0 atom stereocenters. The Morgan fingerprint density at radius 2 is 1.94 bits per heavy atom. The number of rotatable bonds is 8. The number of nitrogens with zero attached hydrogens (tertiary/aromatic N) is 3. The van der Waals surface area contributed by atoms with Gasteiger partial charge >= 0.3 is 0 Å². The second kappa shape index (κ2) is 12.4. The second-order valence-electron chi connectivity index (χ2n) is 6.19. The first-order chi connectivity index (χ1) is 14.6. The molecule has 0 saturated carbocycles. The van der Waals surface area contributed by atoms with Crippen LogP contribution in [0, 0.1) is 0 Å². The molecular formula is C21H25ClIN5O3. The molecule has 8 nitrogen and oxygen atoms in total. The van der Waals surface area contributed by atoms with Crippen LogP contribution in [0.1, 0.15) is 12.8 Å². The van der Waals surface area contributed by atoms with Crippen molar-refractivity contribution in [3.05, 3.63) is 53.4 Å². The van der Waals surface area contributed by atoms with Gasteiger partial charge in [-0.15, -0.1) is 24.0 Å². The Morgan fingerprint density at radius 1 is 1.16 bits per heavy atom. The molecule has 3 aromatic rings. The lowest BCUT2D eigenvalue weighted by atomic mass is 10.2. The Labute approximate surface area is 203 Å². The third kappa shape index (κ3) is 7.00. The van der Waals surface area contributed by atoms with Gasteiger partial charge in [0.2, 0.25) is 11.7 Å². The summed E-state index contributed by atoms with van der Waals surface area (Å²) in [5.41, 5.74) is 1.68. The lowest BCUT2D eigenvalue weighted by Crippen LogP contribution is -2.32. The van der Waals surface area contributed by atoms with E-state index in [2.05, 4.69) is 25.8 Å². The standard InChI is InChI=1S/C21H24ClN5O3.HI/c1-4-29-17-10-9-16(13-18(17)28-3)25-21(23-2)24-12-11-19-26-20(27-30-19)14-5-7-15(22)8-6-14;/h5-10,13H,4,11-12H2,1-3H3,(H2,23,24,25);1H. The zero-order valence-electron chi connectivity index (χ0n) is 17.5. The van der Waals surface area contributed by atoms with Gasteiger partial charge in [-0.2, -0.15) is 4.98 Å². The van der Waals surface area contributed by atoms with Crippen molar-refractivity contribution in [1.29, 1.82) is 0 Å². The summed E-state index contributed by atoms with van der Waals surface area (Å²) < 4.78 is 16.2. The van der Waals surface area contributed by atoms with E-state index in [4.69, 9.17) is 25.6 Å². The number of hydrogen-bond donors (Lipinski definition) is 2. The predicted molar refractivity (Wildman–Crippen MR) is 133 cm³/mol. The van der Waals surface area contributed by atoms with E-state index in [1.807, 2.05) is 37.3 Å². The summed E-state index contributed by atoms with van der Waals surface area (Å²) in [6.45, 7) is 3.07. The summed E-state index contributed by atoms with van der Waals surface area (Å²) in [5.74, 6) is 3.02. The molecule has 0 fully saturated rings. The molecule has 10 heteroatoms. The average Bonchev–Trinajstić information content (AvgIpc) is 3.23. The number of guanidine groups is 1. The fourth-order valence-electron chi connectivity index (χ4n) is 2.70. The Kier molecular flexibility index (Phi) is 9.86. The smallest absolute Gasteiger partial charge is 0.228 e. The molecule has 1 aromatic heterocycles. The Balaban J connectivity index is 0.00000341. The number of methoxy groups -OCH3 is 1. The van der Waals surface area contributed by atoms with E-state index >= 15 is 0 Å². The molecule has 0 bridgehead atoms. The Hall–Kier alpha value is -2.53. The maximum absolute atomic E-state index is 5.91. The Morgan fingerprint density at radius 3 is 2.61 bits per heavy atom. The maximum atomic E-state index is 5.91. The SMILES string of the molecule is CCOc1ccc(NC(=NC)NCCc2nc(-c3ccc(Cl)cc3)no2)cc1OC.I. The zero-order chi connectivity index (χ0) is 21.3. The van der Waals surface area contributed by atoms with Gasteiger partial charge < -0.3 is 24.6 Å². The van der Waals surface area contributed by atoms with E-state index in [-0.39, 0.29) is 24.0 Å². The molecule has 3 rings (SSSR count). The van der Waals surface area contributed by atoms with Gasteiger partial charge in [0.15, 0.2) is 17.5 Å². The van der Waals surface area contributed by atoms with Gasteiger partial charge in [0.1, 0.15) is 0 Å². The van der Waals surface area contributed by atoms with Crippen LogP contribution >= 0.6 is 35.6 Å². The van der Waals surface area contributed by atoms with Crippen molar-refractivity contribution in [3.63, 3.8) is 0 Å². The lowest BCUT2D eigenvalue weighted by Gasteiger charge is -2.14. The van der Waals surface area contributed by atoms with E-state index in [0.29, 0.717) is 53.8 Å². The minimum absolute atomic E-state index is 0. The highest BCUT2D eigenvalue weighted by Crippen LogP contribution is 2.30.